The van der Waals surface area contributed by atoms with Crippen LogP contribution in [0.5, 0.6) is 0 Å². The first-order valence-corrected chi connectivity index (χ1v) is 7.83. The molecule has 2 aliphatic carbocycles. The molecule has 6 heteroatoms. The fourth-order valence-electron chi connectivity index (χ4n) is 2.66. The monoisotopic (exact) mass is 301 g/mol. The van der Waals surface area contributed by atoms with Crippen LogP contribution in [-0.2, 0) is 0 Å². The molecule has 1 aromatic carbocycles. The van der Waals surface area contributed by atoms with E-state index in [0.717, 1.165) is 37.1 Å². The van der Waals surface area contributed by atoms with Gasteiger partial charge in [0.25, 0.3) is 0 Å². The van der Waals surface area contributed by atoms with Crippen molar-refractivity contribution >= 4 is 22.8 Å². The van der Waals surface area contributed by atoms with Crippen LogP contribution in [0.1, 0.15) is 37.5 Å². The molecule has 2 amide bonds. The van der Waals surface area contributed by atoms with Gasteiger partial charge in [-0.1, -0.05) is 0 Å². The summed E-state index contributed by atoms with van der Waals surface area (Å²) >= 11 is 0. The van der Waals surface area contributed by atoms with Gasteiger partial charge in [0.05, 0.1) is 6.61 Å². The molecule has 2 aromatic rings. The Morgan fingerprint density at radius 2 is 2.18 bits per heavy atom. The highest BCUT2D eigenvalue weighted by Crippen LogP contribution is 2.40. The van der Waals surface area contributed by atoms with Gasteiger partial charge in [-0.2, -0.15) is 0 Å². The van der Waals surface area contributed by atoms with Crippen LogP contribution in [0.15, 0.2) is 22.6 Å². The van der Waals surface area contributed by atoms with E-state index in [1.807, 2.05) is 18.2 Å². The smallest absolute Gasteiger partial charge is 0.322 e. The van der Waals surface area contributed by atoms with Gasteiger partial charge in [-0.15, -0.1) is 0 Å². The van der Waals surface area contributed by atoms with Crippen molar-refractivity contribution in [3.05, 3.63) is 24.1 Å². The molecule has 0 bridgehead atoms. The zero-order valence-electron chi connectivity index (χ0n) is 12.3. The Balaban J connectivity index is 1.51. The summed E-state index contributed by atoms with van der Waals surface area (Å²) in [6.45, 7) is 0.350. The van der Waals surface area contributed by atoms with E-state index in [9.17, 15) is 4.79 Å². The van der Waals surface area contributed by atoms with E-state index < -0.39 is 0 Å². The summed E-state index contributed by atoms with van der Waals surface area (Å²) in [5.41, 5.74) is 2.23. The van der Waals surface area contributed by atoms with Gasteiger partial charge >= 0.3 is 6.03 Å². The molecule has 4 rings (SSSR count). The van der Waals surface area contributed by atoms with E-state index >= 15 is 0 Å². The van der Waals surface area contributed by atoms with Gasteiger partial charge < -0.3 is 19.7 Å². The predicted molar refractivity (Wildman–Crippen MR) is 81.8 cm³/mol. The van der Waals surface area contributed by atoms with E-state index in [4.69, 9.17) is 9.52 Å². The average Bonchev–Trinajstić information content (AvgIpc) is 3.41. The Kier molecular flexibility index (Phi) is 3.26. The molecule has 2 saturated carbocycles. The second kappa shape index (κ2) is 5.28. The first-order valence-electron chi connectivity index (χ1n) is 7.83. The number of nitrogens with one attached hydrogen (secondary N) is 1. The van der Waals surface area contributed by atoms with Crippen LogP contribution in [0.25, 0.3) is 11.1 Å². The maximum absolute atomic E-state index is 12.3. The molecule has 22 heavy (non-hydrogen) atoms. The van der Waals surface area contributed by atoms with E-state index in [2.05, 4.69) is 10.3 Å². The standard InChI is InChI=1S/C16H19N3O3/c20-8-7-19(12-4-5-12)16(21)17-11-3-6-13-14(9-11)22-15(18-13)10-1-2-10/h3,6,9-10,12,20H,1-2,4-5,7-8H2,(H,17,21). The molecule has 116 valence electrons. The molecule has 0 atom stereocenters. The molecule has 0 aliphatic heterocycles. The number of rotatable bonds is 5. The fraction of sp³-hybridized carbons (Fsp3) is 0.500. The van der Waals surface area contributed by atoms with Crippen LogP contribution in [0.3, 0.4) is 0 Å². The topological polar surface area (TPSA) is 78.6 Å². The van der Waals surface area contributed by atoms with Crippen LogP contribution >= 0.6 is 0 Å². The zero-order valence-corrected chi connectivity index (χ0v) is 12.3. The molecule has 1 heterocycles. The number of anilines is 1. The number of hydrogen-bond donors (Lipinski definition) is 2. The molecule has 1 aromatic heterocycles. The van der Waals surface area contributed by atoms with Crippen molar-refractivity contribution in [2.24, 2.45) is 0 Å². The first-order chi connectivity index (χ1) is 10.7. The SMILES string of the molecule is O=C(Nc1ccc2nc(C3CC3)oc2c1)N(CCO)C1CC1. The van der Waals surface area contributed by atoms with Crippen LogP contribution in [0.4, 0.5) is 10.5 Å². The summed E-state index contributed by atoms with van der Waals surface area (Å²) in [5, 5.41) is 12.0. The maximum atomic E-state index is 12.3. The predicted octanol–water partition coefficient (Wildman–Crippen LogP) is 2.69. The van der Waals surface area contributed by atoms with Crippen molar-refractivity contribution in [2.45, 2.75) is 37.6 Å². The van der Waals surface area contributed by atoms with E-state index in [-0.39, 0.29) is 18.7 Å². The molecule has 2 N–H and O–H groups in total. The molecule has 2 fully saturated rings. The van der Waals surface area contributed by atoms with E-state index in [0.29, 0.717) is 23.7 Å². The van der Waals surface area contributed by atoms with Gasteiger partial charge in [0, 0.05) is 30.3 Å². The number of fused-ring (bicyclic) bond motifs is 1. The minimum Gasteiger partial charge on any atom is -0.440 e. The number of urea groups is 1. The number of aromatic nitrogens is 1. The van der Waals surface area contributed by atoms with Crippen molar-refractivity contribution in [1.82, 2.24) is 9.88 Å². The van der Waals surface area contributed by atoms with Gasteiger partial charge in [0.1, 0.15) is 5.52 Å². The van der Waals surface area contributed by atoms with E-state index in [1.165, 1.54) is 0 Å². The Morgan fingerprint density at radius 3 is 2.86 bits per heavy atom. The number of aliphatic hydroxyl groups is 1. The Morgan fingerprint density at radius 1 is 1.36 bits per heavy atom. The largest absolute Gasteiger partial charge is 0.440 e. The lowest BCUT2D eigenvalue weighted by Crippen LogP contribution is -2.38. The zero-order chi connectivity index (χ0) is 15.1. The van der Waals surface area contributed by atoms with Crippen LogP contribution < -0.4 is 5.32 Å². The summed E-state index contributed by atoms with van der Waals surface area (Å²) < 4.78 is 5.77. The molecule has 2 aliphatic rings. The van der Waals surface area contributed by atoms with Crippen molar-refractivity contribution < 1.29 is 14.3 Å². The minimum absolute atomic E-state index is 0.0180. The first kappa shape index (κ1) is 13.6. The van der Waals surface area contributed by atoms with Gasteiger partial charge in [0.15, 0.2) is 11.5 Å². The lowest BCUT2D eigenvalue weighted by Gasteiger charge is -2.21. The molecular weight excluding hydrogens is 282 g/mol. The second-order valence-electron chi connectivity index (χ2n) is 6.09. The van der Waals surface area contributed by atoms with Crippen molar-refractivity contribution in [3.8, 4) is 0 Å². The lowest BCUT2D eigenvalue weighted by molar-refractivity contribution is 0.185. The summed E-state index contributed by atoms with van der Waals surface area (Å²) in [6, 6.07) is 5.62. The van der Waals surface area contributed by atoms with E-state index in [1.54, 1.807) is 4.90 Å². The number of amides is 2. The molecule has 6 nitrogen and oxygen atoms in total. The van der Waals surface area contributed by atoms with Crippen LogP contribution in [0.2, 0.25) is 0 Å². The molecule has 0 saturated heterocycles. The Bertz CT molecular complexity index is 704. The molecule has 0 unspecified atom stereocenters. The van der Waals surface area contributed by atoms with Crippen LogP contribution in [0, 0.1) is 0 Å². The third-order valence-corrected chi connectivity index (χ3v) is 4.17. The maximum Gasteiger partial charge on any atom is 0.322 e. The number of aliphatic hydroxyl groups excluding tert-OH is 1. The highest BCUT2D eigenvalue weighted by molar-refractivity contribution is 5.92. The van der Waals surface area contributed by atoms with Gasteiger partial charge in [-0.25, -0.2) is 9.78 Å². The Hall–Kier alpha value is -2.08. The third kappa shape index (κ3) is 2.66. The van der Waals surface area contributed by atoms with Crippen molar-refractivity contribution in [3.63, 3.8) is 0 Å². The number of benzene rings is 1. The normalized spacial score (nSPS) is 17.7. The van der Waals surface area contributed by atoms with Gasteiger partial charge in [0.2, 0.25) is 0 Å². The van der Waals surface area contributed by atoms with Crippen molar-refractivity contribution in [2.75, 3.05) is 18.5 Å². The minimum atomic E-state index is -0.169. The van der Waals surface area contributed by atoms with Gasteiger partial charge in [-0.05, 0) is 37.8 Å². The lowest BCUT2D eigenvalue weighted by atomic mass is 10.3. The molecule has 0 spiro atoms. The number of hydrogen-bond acceptors (Lipinski definition) is 4. The Labute approximate surface area is 128 Å². The van der Waals surface area contributed by atoms with Gasteiger partial charge in [-0.3, -0.25) is 0 Å². The highest BCUT2D eigenvalue weighted by atomic mass is 16.3. The fourth-order valence-corrected chi connectivity index (χ4v) is 2.66. The van der Waals surface area contributed by atoms with Crippen molar-refractivity contribution in [1.29, 1.82) is 0 Å². The highest BCUT2D eigenvalue weighted by Gasteiger charge is 2.32. The summed E-state index contributed by atoms with van der Waals surface area (Å²) in [5.74, 6) is 1.28. The quantitative estimate of drug-likeness (QED) is 0.890. The molecule has 0 radical (unpaired) electrons. The number of nitrogens with zero attached hydrogens (tertiary/aromatic N) is 2. The number of carbonyl (C=O) groups is 1. The number of oxazole rings is 1. The summed E-state index contributed by atoms with van der Waals surface area (Å²) in [4.78, 5) is 18.5. The summed E-state index contributed by atoms with van der Waals surface area (Å²) in [6.07, 6.45) is 4.32. The average molecular weight is 301 g/mol. The summed E-state index contributed by atoms with van der Waals surface area (Å²) in [7, 11) is 0. The number of carbonyl (C=O) groups excluding carboxylic acids is 1. The second-order valence-corrected chi connectivity index (χ2v) is 6.09. The third-order valence-electron chi connectivity index (χ3n) is 4.17. The molecular formula is C16H19N3O3. The van der Waals surface area contributed by atoms with Crippen LogP contribution in [-0.4, -0.2) is 40.2 Å².